The second kappa shape index (κ2) is 7.35. The van der Waals surface area contributed by atoms with Crippen LogP contribution in [0.2, 0.25) is 10.0 Å². The number of hydrogen-bond donors (Lipinski definition) is 2. The normalized spacial score (nSPS) is 10.1. The van der Waals surface area contributed by atoms with Crippen molar-refractivity contribution in [2.45, 2.75) is 6.92 Å². The molecule has 2 aromatic rings. The summed E-state index contributed by atoms with van der Waals surface area (Å²) in [5.74, 6) is -0.474. The summed E-state index contributed by atoms with van der Waals surface area (Å²) in [6.07, 6.45) is 0. The summed E-state index contributed by atoms with van der Waals surface area (Å²) in [7, 11) is 1.30. The van der Waals surface area contributed by atoms with Crippen molar-refractivity contribution in [3.63, 3.8) is 0 Å². The minimum atomic E-state index is -0.474. The minimum Gasteiger partial charge on any atom is -0.465 e. The second-order valence-electron chi connectivity index (χ2n) is 4.73. The fraction of sp³-hybridized carbons (Fsp3) is 0.125. The first-order valence-corrected chi connectivity index (χ1v) is 7.38. The van der Waals surface area contributed by atoms with Gasteiger partial charge in [-0.1, -0.05) is 29.3 Å². The summed E-state index contributed by atoms with van der Waals surface area (Å²) in [6.45, 7) is 1.82. The summed E-state index contributed by atoms with van der Waals surface area (Å²) in [4.78, 5) is 23.6. The molecule has 0 bridgehead atoms. The molecule has 0 aliphatic carbocycles. The van der Waals surface area contributed by atoms with Gasteiger partial charge in [0.15, 0.2) is 0 Å². The molecule has 0 atom stereocenters. The molecule has 0 unspecified atom stereocenters. The third kappa shape index (κ3) is 4.37. The van der Waals surface area contributed by atoms with E-state index in [1.54, 1.807) is 36.4 Å². The van der Waals surface area contributed by atoms with Crippen molar-refractivity contribution >= 4 is 46.6 Å². The molecule has 2 rings (SSSR count). The van der Waals surface area contributed by atoms with Crippen molar-refractivity contribution in [2.24, 2.45) is 0 Å². The molecule has 23 heavy (non-hydrogen) atoms. The van der Waals surface area contributed by atoms with Crippen LogP contribution < -0.4 is 10.6 Å². The van der Waals surface area contributed by atoms with Crippen LogP contribution in [0.15, 0.2) is 36.4 Å². The van der Waals surface area contributed by atoms with Gasteiger partial charge in [0.1, 0.15) is 0 Å². The molecule has 5 nitrogen and oxygen atoms in total. The van der Waals surface area contributed by atoms with E-state index in [2.05, 4.69) is 15.4 Å². The van der Waals surface area contributed by atoms with E-state index in [0.717, 1.165) is 5.56 Å². The fourth-order valence-corrected chi connectivity index (χ4v) is 2.16. The molecule has 0 aliphatic rings. The number of urea groups is 1. The molecule has 0 heterocycles. The largest absolute Gasteiger partial charge is 0.465 e. The molecular weight excluding hydrogens is 339 g/mol. The number of ether oxygens (including phenoxy) is 1. The number of esters is 1. The lowest BCUT2D eigenvalue weighted by atomic mass is 10.1. The van der Waals surface area contributed by atoms with Gasteiger partial charge in [0.25, 0.3) is 0 Å². The molecular formula is C16H14Cl2N2O3. The highest BCUT2D eigenvalue weighted by Gasteiger charge is 2.11. The van der Waals surface area contributed by atoms with Crippen LogP contribution in [0.1, 0.15) is 15.9 Å². The quantitative estimate of drug-likeness (QED) is 0.784. The maximum absolute atomic E-state index is 12.1. The van der Waals surface area contributed by atoms with E-state index in [0.29, 0.717) is 27.0 Å². The highest BCUT2D eigenvalue weighted by Crippen LogP contribution is 2.25. The van der Waals surface area contributed by atoms with E-state index in [9.17, 15) is 9.59 Å². The van der Waals surface area contributed by atoms with Crippen molar-refractivity contribution in [1.82, 2.24) is 0 Å². The number of halogens is 2. The molecule has 0 fully saturated rings. The smallest absolute Gasteiger partial charge is 0.337 e. The monoisotopic (exact) mass is 352 g/mol. The number of aryl methyl sites for hydroxylation is 1. The molecule has 2 N–H and O–H groups in total. The lowest BCUT2D eigenvalue weighted by Gasteiger charge is -2.11. The summed E-state index contributed by atoms with van der Waals surface area (Å²) >= 11 is 11.7. The van der Waals surface area contributed by atoms with Crippen LogP contribution in [0.25, 0.3) is 0 Å². The van der Waals surface area contributed by atoms with Crippen LogP contribution in [0.3, 0.4) is 0 Å². The third-order valence-corrected chi connectivity index (χ3v) is 3.82. The number of nitrogens with one attached hydrogen (secondary N) is 2. The first-order valence-electron chi connectivity index (χ1n) is 6.62. The van der Waals surface area contributed by atoms with Gasteiger partial charge in [-0.2, -0.15) is 0 Å². The Balaban J connectivity index is 2.13. The average Bonchev–Trinajstić information content (AvgIpc) is 2.52. The number of amides is 2. The maximum Gasteiger partial charge on any atom is 0.337 e. The Morgan fingerprint density at radius 3 is 2.39 bits per heavy atom. The first-order chi connectivity index (χ1) is 10.9. The summed E-state index contributed by atoms with van der Waals surface area (Å²) in [5.41, 5.74) is 2.16. The van der Waals surface area contributed by atoms with Gasteiger partial charge in [0.2, 0.25) is 0 Å². The Labute approximate surface area is 143 Å². The van der Waals surface area contributed by atoms with Crippen molar-refractivity contribution in [3.05, 3.63) is 57.6 Å². The molecule has 0 radical (unpaired) electrons. The van der Waals surface area contributed by atoms with Gasteiger partial charge in [-0.25, -0.2) is 9.59 Å². The lowest BCUT2D eigenvalue weighted by Crippen LogP contribution is -2.20. The van der Waals surface area contributed by atoms with E-state index < -0.39 is 12.0 Å². The number of methoxy groups -OCH3 is 1. The SMILES string of the molecule is COC(=O)c1ccc(C)c(NC(=O)Nc2ccc(Cl)c(Cl)c2)c1. The van der Waals surface area contributed by atoms with Crippen molar-refractivity contribution in [3.8, 4) is 0 Å². The lowest BCUT2D eigenvalue weighted by molar-refractivity contribution is 0.0600. The van der Waals surface area contributed by atoms with Gasteiger partial charge >= 0.3 is 12.0 Å². The number of benzene rings is 2. The van der Waals surface area contributed by atoms with Crippen LogP contribution in [-0.4, -0.2) is 19.1 Å². The van der Waals surface area contributed by atoms with Gasteiger partial charge in [-0.15, -0.1) is 0 Å². The Morgan fingerprint density at radius 1 is 1.00 bits per heavy atom. The number of carbonyl (C=O) groups is 2. The zero-order valence-corrected chi connectivity index (χ0v) is 14.0. The fourth-order valence-electron chi connectivity index (χ4n) is 1.86. The van der Waals surface area contributed by atoms with Crippen molar-refractivity contribution in [1.29, 1.82) is 0 Å². The van der Waals surface area contributed by atoms with Gasteiger partial charge < -0.3 is 15.4 Å². The Morgan fingerprint density at radius 2 is 1.74 bits per heavy atom. The Hall–Kier alpha value is -2.24. The van der Waals surface area contributed by atoms with Crippen molar-refractivity contribution in [2.75, 3.05) is 17.7 Å². The topological polar surface area (TPSA) is 67.4 Å². The Kier molecular flexibility index (Phi) is 5.47. The van der Waals surface area contributed by atoms with E-state index in [4.69, 9.17) is 23.2 Å². The van der Waals surface area contributed by atoms with Gasteiger partial charge in [0, 0.05) is 11.4 Å². The number of carbonyl (C=O) groups excluding carboxylic acids is 2. The number of rotatable bonds is 3. The predicted octanol–water partition coefficient (Wildman–Crippen LogP) is 4.73. The van der Waals surface area contributed by atoms with Gasteiger partial charge in [-0.05, 0) is 42.8 Å². The zero-order valence-electron chi connectivity index (χ0n) is 12.4. The zero-order chi connectivity index (χ0) is 17.0. The third-order valence-electron chi connectivity index (χ3n) is 3.08. The van der Waals surface area contributed by atoms with Crippen LogP contribution >= 0.6 is 23.2 Å². The summed E-state index contributed by atoms with van der Waals surface area (Å²) < 4.78 is 4.66. The van der Waals surface area contributed by atoms with Crippen LogP contribution in [0.5, 0.6) is 0 Å². The summed E-state index contributed by atoms with van der Waals surface area (Å²) in [6, 6.07) is 9.20. The average molecular weight is 353 g/mol. The summed E-state index contributed by atoms with van der Waals surface area (Å²) in [5, 5.41) is 6.06. The van der Waals surface area contributed by atoms with Gasteiger partial charge in [-0.3, -0.25) is 0 Å². The van der Waals surface area contributed by atoms with Crippen molar-refractivity contribution < 1.29 is 14.3 Å². The van der Waals surface area contributed by atoms with Gasteiger partial charge in [0.05, 0.1) is 22.7 Å². The molecule has 0 saturated carbocycles. The molecule has 0 aliphatic heterocycles. The highest BCUT2D eigenvalue weighted by atomic mass is 35.5. The van der Waals surface area contributed by atoms with E-state index in [-0.39, 0.29) is 0 Å². The minimum absolute atomic E-state index is 0.341. The number of anilines is 2. The molecule has 0 spiro atoms. The van der Waals surface area contributed by atoms with Crippen LogP contribution in [-0.2, 0) is 4.74 Å². The molecule has 0 aromatic heterocycles. The molecule has 2 aromatic carbocycles. The molecule has 7 heteroatoms. The second-order valence-corrected chi connectivity index (χ2v) is 5.54. The molecule has 120 valence electrons. The number of hydrogen-bond acceptors (Lipinski definition) is 3. The first kappa shape index (κ1) is 17.1. The van der Waals surface area contributed by atoms with E-state index in [1.165, 1.54) is 7.11 Å². The van der Waals surface area contributed by atoms with E-state index in [1.807, 2.05) is 6.92 Å². The Bertz CT molecular complexity index is 763. The standard InChI is InChI=1S/C16H14Cl2N2O3/c1-9-3-4-10(15(21)23-2)7-14(9)20-16(22)19-11-5-6-12(17)13(18)8-11/h3-8H,1-2H3,(H2,19,20,22). The highest BCUT2D eigenvalue weighted by molar-refractivity contribution is 6.42. The molecule has 0 saturated heterocycles. The van der Waals surface area contributed by atoms with Crippen LogP contribution in [0.4, 0.5) is 16.2 Å². The maximum atomic E-state index is 12.1. The predicted molar refractivity (Wildman–Crippen MR) is 91.6 cm³/mol. The molecule has 2 amide bonds. The van der Waals surface area contributed by atoms with Crippen LogP contribution in [0, 0.1) is 6.92 Å². The van der Waals surface area contributed by atoms with E-state index >= 15 is 0 Å².